The first kappa shape index (κ1) is 9.16. The monoisotopic (exact) mass is 173 g/mol. The molecule has 0 bridgehead atoms. The van der Waals surface area contributed by atoms with Crippen LogP contribution in [0.4, 0.5) is 0 Å². The quantitative estimate of drug-likeness (QED) is 0.478. The predicted molar refractivity (Wildman–Crippen MR) is 34.6 cm³/mol. The molecule has 0 aliphatic heterocycles. The Bertz CT molecular complexity index is 162. The number of rotatable bonds is 3. The first-order valence-corrected chi connectivity index (χ1v) is 4.23. The second kappa shape index (κ2) is 3.36. The van der Waals surface area contributed by atoms with E-state index in [0.717, 1.165) is 0 Å². The van der Waals surface area contributed by atoms with Crippen molar-refractivity contribution >= 4 is 21.9 Å². The van der Waals surface area contributed by atoms with Crippen LogP contribution in [-0.2, 0) is 10.1 Å². The second-order valence-electron chi connectivity index (χ2n) is 1.52. The van der Waals surface area contributed by atoms with Crippen molar-refractivity contribution in [3.8, 4) is 0 Å². The Labute approximate surface area is 59.1 Å². The summed E-state index contributed by atoms with van der Waals surface area (Å²) in [5.41, 5.74) is 0. The Balaban J connectivity index is 4.14. The lowest BCUT2D eigenvalue weighted by Crippen LogP contribution is -2.29. The standard InChI is InChI=1S/C3H8ClNO3S/c1-2-3(5-4)9(6,7)8/h3,5H,2H2,1H3,(H,6,7,8). The van der Waals surface area contributed by atoms with Gasteiger partial charge in [-0.1, -0.05) is 6.92 Å². The highest BCUT2D eigenvalue weighted by molar-refractivity contribution is 7.86. The number of halogens is 1. The zero-order valence-electron chi connectivity index (χ0n) is 4.83. The van der Waals surface area contributed by atoms with E-state index in [1.807, 2.05) is 4.84 Å². The van der Waals surface area contributed by atoms with E-state index in [4.69, 9.17) is 16.3 Å². The molecule has 56 valence electrons. The van der Waals surface area contributed by atoms with Gasteiger partial charge in [0.2, 0.25) is 0 Å². The molecule has 9 heavy (non-hydrogen) atoms. The van der Waals surface area contributed by atoms with Crippen molar-refractivity contribution in [1.29, 1.82) is 0 Å². The van der Waals surface area contributed by atoms with Gasteiger partial charge in [0.25, 0.3) is 10.1 Å². The molecule has 0 amide bonds. The molecule has 1 unspecified atom stereocenters. The third-order valence-corrected chi connectivity index (χ3v) is 2.42. The maximum absolute atomic E-state index is 10.2. The number of hydrogen-bond donors (Lipinski definition) is 2. The Kier molecular flexibility index (Phi) is 3.42. The summed E-state index contributed by atoms with van der Waals surface area (Å²) in [6.45, 7) is 1.59. The van der Waals surface area contributed by atoms with Crippen molar-refractivity contribution in [2.24, 2.45) is 0 Å². The summed E-state index contributed by atoms with van der Waals surface area (Å²) in [5.74, 6) is 0. The molecule has 2 N–H and O–H groups in total. The molecule has 0 aliphatic carbocycles. The Morgan fingerprint density at radius 2 is 2.22 bits per heavy atom. The van der Waals surface area contributed by atoms with Gasteiger partial charge in [0, 0.05) is 0 Å². The van der Waals surface area contributed by atoms with Crippen LogP contribution in [0.2, 0.25) is 0 Å². The molecule has 6 heteroatoms. The van der Waals surface area contributed by atoms with Crippen LogP contribution in [0, 0.1) is 0 Å². The Morgan fingerprint density at radius 3 is 2.22 bits per heavy atom. The van der Waals surface area contributed by atoms with E-state index < -0.39 is 15.5 Å². The molecule has 0 saturated carbocycles. The molecule has 0 spiro atoms. The van der Waals surface area contributed by atoms with E-state index in [9.17, 15) is 8.42 Å². The Morgan fingerprint density at radius 1 is 1.78 bits per heavy atom. The molecule has 0 heterocycles. The van der Waals surface area contributed by atoms with Crippen LogP contribution in [-0.4, -0.2) is 18.3 Å². The molecule has 1 atom stereocenters. The lowest BCUT2D eigenvalue weighted by molar-refractivity contribution is 0.461. The molecular weight excluding hydrogens is 166 g/mol. The molecule has 4 nitrogen and oxygen atoms in total. The van der Waals surface area contributed by atoms with E-state index >= 15 is 0 Å². The number of nitrogens with one attached hydrogen (secondary N) is 1. The first-order valence-electron chi connectivity index (χ1n) is 2.34. The van der Waals surface area contributed by atoms with Gasteiger partial charge in [-0.3, -0.25) is 4.55 Å². The van der Waals surface area contributed by atoms with Gasteiger partial charge in [0.05, 0.1) is 0 Å². The summed E-state index contributed by atoms with van der Waals surface area (Å²) < 4.78 is 28.7. The van der Waals surface area contributed by atoms with Crippen LogP contribution in [0.25, 0.3) is 0 Å². The summed E-state index contributed by atoms with van der Waals surface area (Å²) in [7, 11) is -4.01. The van der Waals surface area contributed by atoms with E-state index in [0.29, 0.717) is 0 Å². The van der Waals surface area contributed by atoms with Crippen molar-refractivity contribution in [2.45, 2.75) is 18.7 Å². The van der Waals surface area contributed by atoms with Crippen molar-refractivity contribution < 1.29 is 13.0 Å². The van der Waals surface area contributed by atoms with Crippen molar-refractivity contribution in [1.82, 2.24) is 4.84 Å². The van der Waals surface area contributed by atoms with Crippen LogP contribution in [0.5, 0.6) is 0 Å². The van der Waals surface area contributed by atoms with Gasteiger partial charge in [-0.05, 0) is 18.2 Å². The van der Waals surface area contributed by atoms with Crippen LogP contribution in [0.3, 0.4) is 0 Å². The van der Waals surface area contributed by atoms with E-state index in [1.54, 1.807) is 6.92 Å². The molecule has 0 saturated heterocycles. The van der Waals surface area contributed by atoms with Crippen LogP contribution >= 0.6 is 11.8 Å². The molecule has 0 aromatic heterocycles. The fraction of sp³-hybridized carbons (Fsp3) is 1.00. The average molecular weight is 174 g/mol. The lowest BCUT2D eigenvalue weighted by atomic mass is 10.5. The fourth-order valence-electron chi connectivity index (χ4n) is 0.344. The van der Waals surface area contributed by atoms with E-state index in [1.165, 1.54) is 0 Å². The van der Waals surface area contributed by atoms with Gasteiger partial charge in [-0.15, -0.1) is 0 Å². The maximum Gasteiger partial charge on any atom is 0.282 e. The van der Waals surface area contributed by atoms with Gasteiger partial charge in [-0.25, -0.2) is 4.84 Å². The van der Waals surface area contributed by atoms with Crippen LogP contribution in [0.1, 0.15) is 13.3 Å². The van der Waals surface area contributed by atoms with E-state index in [-0.39, 0.29) is 6.42 Å². The molecular formula is C3H8ClNO3S. The average Bonchev–Trinajstić information content (AvgIpc) is 1.65. The summed E-state index contributed by atoms with van der Waals surface area (Å²) in [6.07, 6.45) is 0.238. The topological polar surface area (TPSA) is 66.4 Å². The van der Waals surface area contributed by atoms with Crippen molar-refractivity contribution in [3.63, 3.8) is 0 Å². The highest BCUT2D eigenvalue weighted by Crippen LogP contribution is 1.99. The smallest absolute Gasteiger partial charge is 0.282 e. The minimum atomic E-state index is -4.01. The van der Waals surface area contributed by atoms with E-state index in [2.05, 4.69) is 0 Å². The summed E-state index contributed by atoms with van der Waals surface area (Å²) >= 11 is 4.96. The predicted octanol–water partition coefficient (Wildman–Crippen LogP) is 0.354. The highest BCUT2D eigenvalue weighted by Gasteiger charge is 2.18. The van der Waals surface area contributed by atoms with Crippen molar-refractivity contribution in [3.05, 3.63) is 0 Å². The fourth-order valence-corrected chi connectivity index (χ4v) is 1.37. The van der Waals surface area contributed by atoms with Gasteiger partial charge < -0.3 is 0 Å². The largest absolute Gasteiger partial charge is 0.284 e. The third kappa shape index (κ3) is 3.00. The molecule has 0 aromatic rings. The second-order valence-corrected chi connectivity index (χ2v) is 3.34. The molecule has 0 aromatic carbocycles. The third-order valence-electron chi connectivity index (χ3n) is 0.852. The zero-order chi connectivity index (χ0) is 7.49. The Hall–Kier alpha value is 0.160. The lowest BCUT2D eigenvalue weighted by Gasteiger charge is -2.05. The summed E-state index contributed by atoms with van der Waals surface area (Å²) in [5, 5.41) is -1.06. The molecule has 0 aliphatic rings. The summed E-state index contributed by atoms with van der Waals surface area (Å²) in [6, 6.07) is 0. The van der Waals surface area contributed by atoms with Crippen LogP contribution in [0.15, 0.2) is 0 Å². The molecule has 0 rings (SSSR count). The molecule has 0 radical (unpaired) electrons. The van der Waals surface area contributed by atoms with Crippen LogP contribution < -0.4 is 4.84 Å². The minimum Gasteiger partial charge on any atom is -0.284 e. The highest BCUT2D eigenvalue weighted by atomic mass is 35.5. The van der Waals surface area contributed by atoms with Gasteiger partial charge in [0.1, 0.15) is 5.37 Å². The normalized spacial score (nSPS) is 15.4. The molecule has 0 fully saturated rings. The van der Waals surface area contributed by atoms with Gasteiger partial charge in [0.15, 0.2) is 0 Å². The van der Waals surface area contributed by atoms with Gasteiger partial charge in [-0.2, -0.15) is 8.42 Å². The first-order chi connectivity index (χ1) is 4.02. The summed E-state index contributed by atoms with van der Waals surface area (Å²) in [4.78, 5) is 1.93. The van der Waals surface area contributed by atoms with Crippen molar-refractivity contribution in [2.75, 3.05) is 0 Å². The maximum atomic E-state index is 10.2. The number of hydrogen-bond acceptors (Lipinski definition) is 3. The van der Waals surface area contributed by atoms with Gasteiger partial charge >= 0.3 is 0 Å². The zero-order valence-corrected chi connectivity index (χ0v) is 6.41. The minimum absolute atomic E-state index is 0.238. The SMILES string of the molecule is CCC(NCl)S(=O)(=O)O.